The Bertz CT molecular complexity index is 649. The number of nitrogens with one attached hydrogen (secondary N) is 2. The molecule has 6 heteroatoms. The van der Waals surface area contributed by atoms with Gasteiger partial charge in [-0.3, -0.25) is 9.59 Å². The molecule has 3 N–H and O–H groups in total. The summed E-state index contributed by atoms with van der Waals surface area (Å²) in [6.45, 7) is 2.40. The summed E-state index contributed by atoms with van der Waals surface area (Å²) in [5.41, 5.74) is 3.02. The summed E-state index contributed by atoms with van der Waals surface area (Å²) < 4.78 is 0. The lowest BCUT2D eigenvalue weighted by atomic mass is 10.2. The third kappa shape index (κ3) is 4.30. The van der Waals surface area contributed by atoms with Gasteiger partial charge in [0.2, 0.25) is 5.91 Å². The van der Waals surface area contributed by atoms with Crippen LogP contribution in [0.3, 0.4) is 0 Å². The molecule has 0 aliphatic carbocycles. The van der Waals surface area contributed by atoms with Gasteiger partial charge in [0.15, 0.2) is 0 Å². The second-order valence-electron chi connectivity index (χ2n) is 5.00. The van der Waals surface area contributed by atoms with Crippen molar-refractivity contribution in [2.45, 2.75) is 32.6 Å². The van der Waals surface area contributed by atoms with Crippen LogP contribution in [0.15, 0.2) is 18.2 Å². The number of aliphatic carboxylic acids is 1. The number of hydrogen-bond acceptors (Lipinski definition) is 3. The number of amides is 1. The van der Waals surface area contributed by atoms with Crippen molar-refractivity contribution in [1.82, 2.24) is 15.3 Å². The minimum absolute atomic E-state index is 0.0725. The number of para-hydroxylation sites is 1. The van der Waals surface area contributed by atoms with Crippen molar-refractivity contribution >= 4 is 22.9 Å². The number of aryl methyl sites for hydroxylation is 2. The Morgan fingerprint density at radius 1 is 1.33 bits per heavy atom. The zero-order valence-corrected chi connectivity index (χ0v) is 12.0. The van der Waals surface area contributed by atoms with Gasteiger partial charge in [0.1, 0.15) is 5.82 Å². The smallest absolute Gasteiger partial charge is 0.303 e. The minimum Gasteiger partial charge on any atom is -0.481 e. The van der Waals surface area contributed by atoms with E-state index in [2.05, 4.69) is 15.3 Å². The van der Waals surface area contributed by atoms with Gasteiger partial charge in [-0.1, -0.05) is 12.1 Å². The number of nitrogens with zero attached hydrogens (tertiary/aromatic N) is 1. The van der Waals surface area contributed by atoms with Crippen LogP contribution in [0, 0.1) is 6.92 Å². The Morgan fingerprint density at radius 2 is 2.14 bits per heavy atom. The quantitative estimate of drug-likeness (QED) is 0.677. The third-order valence-electron chi connectivity index (χ3n) is 3.24. The molecule has 1 aromatic carbocycles. The fourth-order valence-corrected chi connectivity index (χ4v) is 2.13. The first kappa shape index (κ1) is 15.0. The predicted octanol–water partition coefficient (Wildman–Crippen LogP) is 1.78. The van der Waals surface area contributed by atoms with Crippen LogP contribution in [0.2, 0.25) is 0 Å². The predicted molar refractivity (Wildman–Crippen MR) is 79.0 cm³/mol. The van der Waals surface area contributed by atoms with Crippen LogP contribution in [-0.2, 0) is 16.0 Å². The van der Waals surface area contributed by atoms with Crippen LogP contribution in [0.25, 0.3) is 11.0 Å². The van der Waals surface area contributed by atoms with E-state index in [1.165, 1.54) is 0 Å². The van der Waals surface area contributed by atoms with Gasteiger partial charge in [-0.2, -0.15) is 0 Å². The lowest BCUT2D eigenvalue weighted by molar-refractivity contribution is -0.137. The molecule has 0 aliphatic heterocycles. The highest BCUT2D eigenvalue weighted by Gasteiger charge is 2.07. The topological polar surface area (TPSA) is 95.1 Å². The van der Waals surface area contributed by atoms with E-state index < -0.39 is 5.97 Å². The molecule has 21 heavy (non-hydrogen) atoms. The van der Waals surface area contributed by atoms with Gasteiger partial charge >= 0.3 is 5.97 Å². The van der Waals surface area contributed by atoms with E-state index in [0.717, 1.165) is 22.4 Å². The van der Waals surface area contributed by atoms with Crippen molar-refractivity contribution in [2.24, 2.45) is 0 Å². The molecular formula is C15H19N3O3. The number of carbonyl (C=O) groups is 2. The summed E-state index contributed by atoms with van der Waals surface area (Å²) in [5.74, 6) is -0.139. The molecular weight excluding hydrogens is 270 g/mol. The number of imidazole rings is 1. The van der Waals surface area contributed by atoms with Crippen LogP contribution >= 0.6 is 0 Å². The fraction of sp³-hybridized carbons (Fsp3) is 0.400. The highest BCUT2D eigenvalue weighted by molar-refractivity contribution is 5.79. The first-order chi connectivity index (χ1) is 10.1. The maximum atomic E-state index is 11.6. The van der Waals surface area contributed by atoms with Gasteiger partial charge in [-0.25, -0.2) is 4.98 Å². The van der Waals surface area contributed by atoms with E-state index in [1.807, 2.05) is 25.1 Å². The number of hydrogen-bond donors (Lipinski definition) is 3. The molecule has 0 unspecified atom stereocenters. The third-order valence-corrected chi connectivity index (χ3v) is 3.24. The van der Waals surface area contributed by atoms with Crippen molar-refractivity contribution in [3.63, 3.8) is 0 Å². The van der Waals surface area contributed by atoms with E-state index >= 15 is 0 Å². The maximum absolute atomic E-state index is 11.6. The van der Waals surface area contributed by atoms with Crippen LogP contribution in [-0.4, -0.2) is 33.5 Å². The van der Waals surface area contributed by atoms with Crippen molar-refractivity contribution in [3.8, 4) is 0 Å². The van der Waals surface area contributed by atoms with Crippen LogP contribution < -0.4 is 5.32 Å². The molecule has 0 aliphatic rings. The number of aromatic nitrogens is 2. The highest BCUT2D eigenvalue weighted by atomic mass is 16.4. The number of aromatic amines is 1. The molecule has 0 spiro atoms. The first-order valence-corrected chi connectivity index (χ1v) is 6.99. The summed E-state index contributed by atoms with van der Waals surface area (Å²) in [6.07, 6.45) is 1.40. The van der Waals surface area contributed by atoms with Gasteiger partial charge in [0.05, 0.1) is 11.0 Å². The molecule has 2 rings (SSSR count). The van der Waals surface area contributed by atoms with E-state index in [1.54, 1.807) is 0 Å². The van der Waals surface area contributed by atoms with Crippen LogP contribution in [0.5, 0.6) is 0 Å². The minimum atomic E-state index is -0.845. The second kappa shape index (κ2) is 6.88. The lowest BCUT2D eigenvalue weighted by Gasteiger charge is -2.02. The first-order valence-electron chi connectivity index (χ1n) is 6.99. The van der Waals surface area contributed by atoms with Crippen molar-refractivity contribution in [1.29, 1.82) is 0 Å². The fourth-order valence-electron chi connectivity index (χ4n) is 2.13. The van der Waals surface area contributed by atoms with Gasteiger partial charge in [0.25, 0.3) is 0 Å². The number of carbonyl (C=O) groups excluding carboxylic acids is 1. The zero-order valence-electron chi connectivity index (χ0n) is 12.0. The maximum Gasteiger partial charge on any atom is 0.303 e. The Labute approximate surface area is 122 Å². The molecule has 1 heterocycles. The zero-order chi connectivity index (χ0) is 15.2. The summed E-state index contributed by atoms with van der Waals surface area (Å²) in [6, 6.07) is 5.93. The van der Waals surface area contributed by atoms with E-state index in [4.69, 9.17) is 5.11 Å². The number of carboxylic acids is 1. The van der Waals surface area contributed by atoms with Gasteiger partial charge in [0, 0.05) is 25.8 Å². The molecule has 1 amide bonds. The summed E-state index contributed by atoms with van der Waals surface area (Å²) >= 11 is 0. The van der Waals surface area contributed by atoms with Gasteiger partial charge < -0.3 is 15.4 Å². The van der Waals surface area contributed by atoms with Crippen molar-refractivity contribution in [3.05, 3.63) is 29.6 Å². The molecule has 0 saturated carbocycles. The second-order valence-corrected chi connectivity index (χ2v) is 5.00. The largest absolute Gasteiger partial charge is 0.481 e. The van der Waals surface area contributed by atoms with E-state index in [9.17, 15) is 9.59 Å². The summed E-state index contributed by atoms with van der Waals surface area (Å²) in [5, 5.41) is 11.2. The molecule has 0 saturated heterocycles. The van der Waals surface area contributed by atoms with Gasteiger partial charge in [-0.05, 0) is 25.0 Å². The molecule has 0 atom stereocenters. The van der Waals surface area contributed by atoms with Crippen molar-refractivity contribution in [2.75, 3.05) is 6.54 Å². The molecule has 1 aromatic heterocycles. The standard InChI is InChI=1S/C15H19N3O3/c1-10-4-2-5-11-15(10)18-12(17-11)7-8-13(19)16-9-3-6-14(20)21/h2,4-5H,3,6-9H2,1H3,(H,16,19)(H,17,18)(H,20,21). The Kier molecular flexibility index (Phi) is 4.92. The molecule has 0 fully saturated rings. The number of fused-ring (bicyclic) bond motifs is 1. The monoisotopic (exact) mass is 289 g/mol. The molecule has 112 valence electrons. The van der Waals surface area contributed by atoms with E-state index in [0.29, 0.717) is 25.8 Å². The Balaban J connectivity index is 1.80. The summed E-state index contributed by atoms with van der Waals surface area (Å²) in [4.78, 5) is 29.7. The average molecular weight is 289 g/mol. The van der Waals surface area contributed by atoms with Crippen LogP contribution in [0.4, 0.5) is 0 Å². The molecule has 2 aromatic rings. The average Bonchev–Trinajstić information content (AvgIpc) is 2.86. The van der Waals surface area contributed by atoms with Crippen LogP contribution in [0.1, 0.15) is 30.7 Å². The normalized spacial score (nSPS) is 10.7. The number of carboxylic acid groups (broad SMARTS) is 1. The number of rotatable bonds is 7. The Morgan fingerprint density at radius 3 is 2.86 bits per heavy atom. The highest BCUT2D eigenvalue weighted by Crippen LogP contribution is 2.15. The SMILES string of the molecule is Cc1cccc2[nH]c(CCC(=O)NCCCC(=O)O)nc12. The van der Waals surface area contributed by atoms with E-state index in [-0.39, 0.29) is 12.3 Å². The van der Waals surface area contributed by atoms with Gasteiger partial charge in [-0.15, -0.1) is 0 Å². The molecule has 0 bridgehead atoms. The Hall–Kier alpha value is -2.37. The summed E-state index contributed by atoms with van der Waals surface area (Å²) in [7, 11) is 0. The number of benzene rings is 1. The number of H-pyrrole nitrogens is 1. The lowest BCUT2D eigenvalue weighted by Crippen LogP contribution is -2.25. The molecule has 6 nitrogen and oxygen atoms in total. The molecule has 0 radical (unpaired) electrons. The van der Waals surface area contributed by atoms with Crippen molar-refractivity contribution < 1.29 is 14.7 Å².